The summed E-state index contributed by atoms with van der Waals surface area (Å²) in [6.45, 7) is 6.56. The van der Waals surface area contributed by atoms with Crippen LogP contribution in [0.1, 0.15) is 60.7 Å². The van der Waals surface area contributed by atoms with Gasteiger partial charge in [-0.25, -0.2) is 23.8 Å². The first-order chi connectivity index (χ1) is 18.0. The molecule has 0 radical (unpaired) electrons. The first-order valence-electron chi connectivity index (χ1n) is 11.6. The van der Waals surface area contributed by atoms with Gasteiger partial charge in [0.1, 0.15) is 17.1 Å². The molecule has 12 nitrogen and oxygen atoms in total. The number of piperidine rings is 1. The molecule has 0 saturated carbocycles. The van der Waals surface area contributed by atoms with E-state index in [1.165, 1.54) is 29.5 Å². The van der Waals surface area contributed by atoms with Gasteiger partial charge >= 0.3 is 6.09 Å². The zero-order valence-electron chi connectivity index (χ0n) is 20.7. The number of hydroxylamine groups is 1. The molecule has 0 spiro atoms. The zero-order chi connectivity index (χ0) is 27.4. The van der Waals surface area contributed by atoms with Crippen molar-refractivity contribution in [2.45, 2.75) is 45.1 Å². The Labute approximate surface area is 229 Å². The molecule has 2 amide bonds. The summed E-state index contributed by atoms with van der Waals surface area (Å²) in [5, 5.41) is 21.9. The summed E-state index contributed by atoms with van der Waals surface area (Å²) in [7, 11) is 0. The highest BCUT2D eigenvalue weighted by molar-refractivity contribution is 9.10. The number of hydrogen-bond donors (Lipinski definition) is 3. The number of hydrogen-bond acceptors (Lipinski definition) is 10. The van der Waals surface area contributed by atoms with Gasteiger partial charge in [0.2, 0.25) is 5.82 Å². The maximum absolute atomic E-state index is 13.5. The highest BCUT2D eigenvalue weighted by Crippen LogP contribution is 2.31. The number of likely N-dealkylation sites (tertiary alicyclic amines) is 1. The van der Waals surface area contributed by atoms with Gasteiger partial charge in [-0.1, -0.05) is 0 Å². The van der Waals surface area contributed by atoms with Crippen molar-refractivity contribution in [1.82, 2.24) is 25.7 Å². The van der Waals surface area contributed by atoms with E-state index in [4.69, 9.17) is 9.37 Å². The Morgan fingerprint density at radius 2 is 2.03 bits per heavy atom. The highest BCUT2D eigenvalue weighted by Gasteiger charge is 2.29. The van der Waals surface area contributed by atoms with E-state index in [1.807, 2.05) is 26.3 Å². The summed E-state index contributed by atoms with van der Waals surface area (Å²) < 4.78 is 23.9. The van der Waals surface area contributed by atoms with Gasteiger partial charge in [-0.3, -0.25) is 15.5 Å². The molecule has 4 rings (SSSR count). The average molecular weight is 610 g/mol. The number of rotatable bonds is 5. The summed E-state index contributed by atoms with van der Waals surface area (Å²) in [6.07, 6.45) is 1.07. The van der Waals surface area contributed by atoms with Crippen LogP contribution in [-0.2, 0) is 4.74 Å². The SMILES string of the molecule is CC(C)(C)OC(=O)N1CCC(c2nc(C(=O)Nc3nonc3C(=Nc3ccc(F)c(Br)c3)NO)cs2)CC1. The van der Waals surface area contributed by atoms with Crippen LogP contribution in [0.25, 0.3) is 0 Å². The largest absolute Gasteiger partial charge is 0.444 e. The molecule has 2 aromatic heterocycles. The van der Waals surface area contributed by atoms with Gasteiger partial charge in [-0.05, 0) is 78.1 Å². The molecule has 202 valence electrons. The second-order valence-corrected chi connectivity index (χ2v) is 11.1. The number of aliphatic imine (C=N–C) groups is 1. The normalized spacial score (nSPS) is 14.9. The third kappa shape index (κ3) is 6.71. The van der Waals surface area contributed by atoms with Crippen LogP contribution in [0.2, 0.25) is 0 Å². The van der Waals surface area contributed by atoms with E-state index in [-0.39, 0.29) is 45.2 Å². The predicted molar refractivity (Wildman–Crippen MR) is 139 cm³/mol. The Hall–Kier alpha value is -3.43. The number of carbonyl (C=O) groups is 2. The highest BCUT2D eigenvalue weighted by atomic mass is 79.9. The fourth-order valence-electron chi connectivity index (χ4n) is 3.63. The zero-order valence-corrected chi connectivity index (χ0v) is 23.1. The molecule has 38 heavy (non-hydrogen) atoms. The quantitative estimate of drug-likeness (QED) is 0.209. The molecular formula is C23H25BrFN7O5S. The summed E-state index contributed by atoms with van der Waals surface area (Å²) >= 11 is 4.43. The van der Waals surface area contributed by atoms with Crippen LogP contribution in [0.5, 0.6) is 0 Å². The van der Waals surface area contributed by atoms with Gasteiger partial charge in [-0.15, -0.1) is 11.3 Å². The fraction of sp³-hybridized carbons (Fsp3) is 0.391. The van der Waals surface area contributed by atoms with Crippen LogP contribution >= 0.6 is 27.3 Å². The van der Waals surface area contributed by atoms with E-state index in [0.717, 1.165) is 5.01 Å². The monoisotopic (exact) mass is 609 g/mol. The second kappa shape index (κ2) is 11.5. The molecule has 0 unspecified atom stereocenters. The van der Waals surface area contributed by atoms with Gasteiger partial charge in [0.05, 0.1) is 15.2 Å². The number of halogens is 2. The summed E-state index contributed by atoms with van der Waals surface area (Å²) in [5.41, 5.74) is 1.72. The number of benzene rings is 1. The number of nitrogens with zero attached hydrogens (tertiary/aromatic N) is 5. The summed E-state index contributed by atoms with van der Waals surface area (Å²) in [6, 6.07) is 3.98. The third-order valence-electron chi connectivity index (χ3n) is 5.45. The second-order valence-electron chi connectivity index (χ2n) is 9.40. The Morgan fingerprint density at radius 3 is 2.68 bits per heavy atom. The van der Waals surface area contributed by atoms with Crippen LogP contribution in [0.15, 0.2) is 37.7 Å². The van der Waals surface area contributed by atoms with Gasteiger partial charge in [0, 0.05) is 24.4 Å². The number of ether oxygens (including phenoxy) is 1. The van der Waals surface area contributed by atoms with Crippen molar-refractivity contribution >= 4 is 56.6 Å². The van der Waals surface area contributed by atoms with Crippen LogP contribution in [-0.4, -0.2) is 61.9 Å². The molecule has 3 N–H and O–H groups in total. The lowest BCUT2D eigenvalue weighted by Crippen LogP contribution is -2.41. The molecule has 1 aliphatic rings. The third-order valence-corrected chi connectivity index (χ3v) is 7.06. The molecule has 1 aliphatic heterocycles. The van der Waals surface area contributed by atoms with Crippen molar-refractivity contribution in [2.75, 3.05) is 18.4 Å². The number of carbonyl (C=O) groups excluding carboxylic acids is 2. The van der Waals surface area contributed by atoms with E-state index in [1.54, 1.807) is 10.3 Å². The van der Waals surface area contributed by atoms with Gasteiger partial charge in [0.25, 0.3) is 5.91 Å². The molecule has 1 fully saturated rings. The Morgan fingerprint density at radius 1 is 1.29 bits per heavy atom. The molecule has 3 heterocycles. The first kappa shape index (κ1) is 27.6. The minimum atomic E-state index is -0.558. The van der Waals surface area contributed by atoms with Crippen LogP contribution in [0.3, 0.4) is 0 Å². The number of amidine groups is 1. The molecule has 3 aromatic rings. The molecular weight excluding hydrogens is 585 g/mol. The molecule has 1 aromatic carbocycles. The lowest BCUT2D eigenvalue weighted by molar-refractivity contribution is 0.0204. The topological polar surface area (TPSA) is 155 Å². The lowest BCUT2D eigenvalue weighted by Gasteiger charge is -2.32. The van der Waals surface area contributed by atoms with E-state index in [2.05, 4.69) is 41.5 Å². The van der Waals surface area contributed by atoms with Crippen LogP contribution in [0, 0.1) is 5.82 Å². The first-order valence-corrected chi connectivity index (χ1v) is 13.2. The molecule has 1 saturated heterocycles. The van der Waals surface area contributed by atoms with Gasteiger partial charge < -0.3 is 15.0 Å². The molecule has 0 atom stereocenters. The maximum Gasteiger partial charge on any atom is 0.410 e. The smallest absolute Gasteiger partial charge is 0.410 e. The van der Waals surface area contributed by atoms with E-state index in [0.29, 0.717) is 25.9 Å². The van der Waals surface area contributed by atoms with Crippen molar-refractivity contribution in [1.29, 1.82) is 0 Å². The lowest BCUT2D eigenvalue weighted by atomic mass is 9.98. The Bertz CT molecular complexity index is 1350. The van der Waals surface area contributed by atoms with Gasteiger partial charge in [0.15, 0.2) is 11.5 Å². The maximum atomic E-state index is 13.5. The van der Waals surface area contributed by atoms with Crippen molar-refractivity contribution in [3.05, 3.63) is 50.3 Å². The Balaban J connectivity index is 1.40. The van der Waals surface area contributed by atoms with Crippen molar-refractivity contribution < 1.29 is 28.6 Å². The molecule has 0 bridgehead atoms. The standard InChI is InChI=1S/C23H25BrFN7O5S/c1-23(2,3)36-22(34)32-8-6-12(7-9-32)21-27-16(11-38-21)20(33)28-19-17(30-37-31-19)18(29-35)26-13-4-5-15(25)14(24)10-13/h4-5,10-12,35H,6-9H2,1-3H3,(H,26,29)(H,28,31,33). The number of nitrogens with one attached hydrogen (secondary N) is 2. The number of anilines is 1. The summed E-state index contributed by atoms with van der Waals surface area (Å²) in [5.74, 6) is -1.21. The van der Waals surface area contributed by atoms with Crippen molar-refractivity contribution in [3.8, 4) is 0 Å². The molecule has 0 aliphatic carbocycles. The minimum Gasteiger partial charge on any atom is -0.444 e. The molecule has 15 heteroatoms. The van der Waals surface area contributed by atoms with Crippen molar-refractivity contribution in [2.24, 2.45) is 4.99 Å². The number of amides is 2. The van der Waals surface area contributed by atoms with Gasteiger partial charge in [-0.2, -0.15) is 0 Å². The van der Waals surface area contributed by atoms with E-state index in [9.17, 15) is 19.2 Å². The van der Waals surface area contributed by atoms with E-state index >= 15 is 0 Å². The predicted octanol–water partition coefficient (Wildman–Crippen LogP) is 4.85. The fourth-order valence-corrected chi connectivity index (χ4v) is 4.97. The number of thiazole rings is 1. The average Bonchev–Trinajstić information content (AvgIpc) is 3.54. The summed E-state index contributed by atoms with van der Waals surface area (Å²) in [4.78, 5) is 35.5. The van der Waals surface area contributed by atoms with Crippen molar-refractivity contribution in [3.63, 3.8) is 0 Å². The number of aromatic nitrogens is 3. The minimum absolute atomic E-state index is 0.0775. The Kier molecular flexibility index (Phi) is 8.38. The van der Waals surface area contributed by atoms with E-state index < -0.39 is 17.3 Å². The van der Waals surface area contributed by atoms with Crippen LogP contribution < -0.4 is 10.8 Å². The van der Waals surface area contributed by atoms with Crippen LogP contribution in [0.4, 0.5) is 20.7 Å².